The number of benzene rings is 2. The third kappa shape index (κ3) is 11.4. The highest BCUT2D eigenvalue weighted by molar-refractivity contribution is 5.73. The molecule has 1 aliphatic rings. The Kier molecular flexibility index (Phi) is 11.5. The number of phenolic OH excluding ortho intramolecular Hbond substituents is 2. The van der Waals surface area contributed by atoms with E-state index in [4.69, 9.17) is 20.4 Å². The first kappa shape index (κ1) is 23.9. The molecule has 2 aromatic carbocycles. The second-order valence-corrected chi connectivity index (χ2v) is 5.91. The number of aliphatic hydroxyl groups excluding tert-OH is 2. The van der Waals surface area contributed by atoms with Crippen LogP contribution in [-0.4, -0.2) is 58.8 Å². The average Bonchev–Trinajstić information content (AvgIpc) is 2.71. The summed E-state index contributed by atoms with van der Waals surface area (Å²) < 4.78 is 8.97. The Hall–Kier alpha value is -3.10. The van der Waals surface area contributed by atoms with Crippen molar-refractivity contribution in [1.29, 1.82) is 0 Å². The van der Waals surface area contributed by atoms with Gasteiger partial charge in [0, 0.05) is 13.0 Å². The summed E-state index contributed by atoms with van der Waals surface area (Å²) in [5.74, 6) is -0.212. The SMILES string of the molecule is O=C(CO)OCCc1ccc(O)cc1.O=C1CCO1.OCCc1ccc(O)cc1. The fourth-order valence-corrected chi connectivity index (χ4v) is 1.97. The molecule has 1 heterocycles. The number of carbonyl (C=O) groups excluding carboxylic acids is 2. The third-order valence-corrected chi connectivity index (χ3v) is 3.63. The largest absolute Gasteiger partial charge is 0.508 e. The van der Waals surface area contributed by atoms with Gasteiger partial charge in [0.25, 0.3) is 0 Å². The lowest BCUT2D eigenvalue weighted by atomic mass is 10.1. The van der Waals surface area contributed by atoms with Gasteiger partial charge in [0.05, 0.1) is 13.0 Å². The van der Waals surface area contributed by atoms with E-state index in [2.05, 4.69) is 9.47 Å². The number of aromatic hydroxyl groups is 2. The van der Waals surface area contributed by atoms with Crippen molar-refractivity contribution in [3.05, 3.63) is 59.7 Å². The first-order valence-corrected chi connectivity index (χ1v) is 9.03. The summed E-state index contributed by atoms with van der Waals surface area (Å²) in [6.07, 6.45) is 1.85. The van der Waals surface area contributed by atoms with Crippen LogP contribution in [0.5, 0.6) is 11.5 Å². The molecular formula is C21H26O8. The predicted octanol–water partition coefficient (Wildman–Crippen LogP) is 1.33. The molecular weight excluding hydrogens is 380 g/mol. The van der Waals surface area contributed by atoms with Crippen LogP contribution < -0.4 is 0 Å². The molecule has 0 saturated carbocycles. The summed E-state index contributed by atoms with van der Waals surface area (Å²) in [6.45, 7) is 0.448. The van der Waals surface area contributed by atoms with Gasteiger partial charge in [0.2, 0.25) is 0 Å². The number of ether oxygens (including phenoxy) is 2. The zero-order chi connectivity index (χ0) is 21.5. The Labute approximate surface area is 169 Å². The lowest BCUT2D eigenvalue weighted by Gasteiger charge is -2.09. The number of carbonyl (C=O) groups is 2. The molecule has 1 saturated heterocycles. The predicted molar refractivity (Wildman–Crippen MR) is 104 cm³/mol. The Morgan fingerprint density at radius 3 is 1.69 bits per heavy atom. The van der Waals surface area contributed by atoms with Gasteiger partial charge < -0.3 is 29.9 Å². The van der Waals surface area contributed by atoms with Crippen molar-refractivity contribution in [3.8, 4) is 11.5 Å². The quantitative estimate of drug-likeness (QED) is 0.528. The minimum Gasteiger partial charge on any atom is -0.508 e. The van der Waals surface area contributed by atoms with Crippen LogP contribution in [0.2, 0.25) is 0 Å². The van der Waals surface area contributed by atoms with E-state index in [-0.39, 0.29) is 30.7 Å². The van der Waals surface area contributed by atoms with Crippen LogP contribution in [0, 0.1) is 0 Å². The van der Waals surface area contributed by atoms with Crippen LogP contribution in [0.15, 0.2) is 48.5 Å². The van der Waals surface area contributed by atoms with Gasteiger partial charge in [0.15, 0.2) is 0 Å². The van der Waals surface area contributed by atoms with E-state index in [9.17, 15) is 9.59 Å². The maximum Gasteiger partial charge on any atom is 0.331 e. The maximum absolute atomic E-state index is 10.5. The van der Waals surface area contributed by atoms with E-state index < -0.39 is 12.6 Å². The first-order chi connectivity index (χ1) is 13.9. The Balaban J connectivity index is 0.000000242. The minimum absolute atomic E-state index is 0.0648. The van der Waals surface area contributed by atoms with Gasteiger partial charge >= 0.3 is 11.9 Å². The Bertz CT molecular complexity index is 719. The molecule has 0 spiro atoms. The monoisotopic (exact) mass is 406 g/mol. The summed E-state index contributed by atoms with van der Waals surface area (Å²) in [4.78, 5) is 20.2. The van der Waals surface area contributed by atoms with Crippen molar-refractivity contribution >= 4 is 11.9 Å². The van der Waals surface area contributed by atoms with Crippen molar-refractivity contribution in [1.82, 2.24) is 0 Å². The molecule has 8 heteroatoms. The van der Waals surface area contributed by atoms with Gasteiger partial charge in [-0.1, -0.05) is 24.3 Å². The molecule has 1 aliphatic heterocycles. The van der Waals surface area contributed by atoms with Crippen LogP contribution in [0.3, 0.4) is 0 Å². The molecule has 2 aromatic rings. The maximum atomic E-state index is 10.5. The van der Waals surface area contributed by atoms with E-state index in [1.807, 2.05) is 0 Å². The second kappa shape index (κ2) is 14.0. The number of hydrogen-bond acceptors (Lipinski definition) is 8. The molecule has 8 nitrogen and oxygen atoms in total. The molecule has 29 heavy (non-hydrogen) atoms. The molecule has 3 rings (SSSR count). The number of cyclic esters (lactones) is 1. The lowest BCUT2D eigenvalue weighted by molar-refractivity contribution is -0.157. The highest BCUT2D eigenvalue weighted by atomic mass is 16.6. The highest BCUT2D eigenvalue weighted by Gasteiger charge is 2.11. The molecule has 0 atom stereocenters. The number of phenols is 2. The van der Waals surface area contributed by atoms with Gasteiger partial charge in [-0.25, -0.2) is 4.79 Å². The van der Waals surface area contributed by atoms with Crippen LogP contribution in [0.4, 0.5) is 0 Å². The van der Waals surface area contributed by atoms with Crippen molar-refractivity contribution in [2.75, 3.05) is 26.4 Å². The number of hydrogen-bond donors (Lipinski definition) is 4. The molecule has 0 aromatic heterocycles. The summed E-state index contributed by atoms with van der Waals surface area (Å²) in [7, 11) is 0. The first-order valence-electron chi connectivity index (χ1n) is 9.03. The molecule has 1 fully saturated rings. The third-order valence-electron chi connectivity index (χ3n) is 3.63. The van der Waals surface area contributed by atoms with E-state index in [1.165, 1.54) is 0 Å². The minimum atomic E-state index is -0.622. The highest BCUT2D eigenvalue weighted by Crippen LogP contribution is 2.10. The normalized spacial score (nSPS) is 11.6. The molecule has 0 bridgehead atoms. The molecule has 0 unspecified atom stereocenters. The van der Waals surface area contributed by atoms with Crippen molar-refractivity contribution in [2.24, 2.45) is 0 Å². The zero-order valence-corrected chi connectivity index (χ0v) is 16.0. The fourth-order valence-electron chi connectivity index (χ4n) is 1.97. The van der Waals surface area contributed by atoms with Crippen LogP contribution in [-0.2, 0) is 31.9 Å². The van der Waals surface area contributed by atoms with E-state index in [0.717, 1.165) is 11.1 Å². The topological polar surface area (TPSA) is 134 Å². The molecule has 0 aliphatic carbocycles. The van der Waals surface area contributed by atoms with Gasteiger partial charge in [-0.15, -0.1) is 0 Å². The number of rotatable bonds is 6. The van der Waals surface area contributed by atoms with Crippen LogP contribution in [0.25, 0.3) is 0 Å². The molecule has 4 N–H and O–H groups in total. The summed E-state index contributed by atoms with van der Waals surface area (Å²) in [5, 5.41) is 34.7. The van der Waals surface area contributed by atoms with E-state index in [1.54, 1.807) is 48.5 Å². The molecule has 0 amide bonds. The molecule has 158 valence electrons. The summed E-state index contributed by atoms with van der Waals surface area (Å²) in [5.41, 5.74) is 2.01. The number of aliphatic hydroxyl groups is 2. The number of esters is 2. The second-order valence-electron chi connectivity index (χ2n) is 5.91. The van der Waals surface area contributed by atoms with Gasteiger partial charge in [-0.05, 0) is 41.8 Å². The Morgan fingerprint density at radius 1 is 0.897 bits per heavy atom. The van der Waals surface area contributed by atoms with Crippen molar-refractivity contribution in [3.63, 3.8) is 0 Å². The molecule has 0 radical (unpaired) electrons. The fraction of sp³-hybridized carbons (Fsp3) is 0.333. The van der Waals surface area contributed by atoms with Gasteiger partial charge in [0.1, 0.15) is 24.7 Å². The zero-order valence-electron chi connectivity index (χ0n) is 16.0. The lowest BCUT2D eigenvalue weighted by Crippen LogP contribution is -2.18. The van der Waals surface area contributed by atoms with Crippen LogP contribution >= 0.6 is 0 Å². The average molecular weight is 406 g/mol. The standard InChI is InChI=1S/C10H12O4.C8H10O2.C3H4O2/c11-7-10(13)14-6-5-8-1-3-9(12)4-2-8;9-6-5-7-1-3-8(10)4-2-7;4-3-1-2-5-3/h1-4,11-12H,5-7H2;1-4,9-10H,5-6H2;1-2H2. The summed E-state index contributed by atoms with van der Waals surface area (Å²) in [6, 6.07) is 13.5. The van der Waals surface area contributed by atoms with Crippen molar-refractivity contribution in [2.45, 2.75) is 19.3 Å². The van der Waals surface area contributed by atoms with Gasteiger partial charge in [-0.3, -0.25) is 4.79 Å². The Morgan fingerprint density at radius 2 is 1.34 bits per heavy atom. The van der Waals surface area contributed by atoms with E-state index >= 15 is 0 Å². The summed E-state index contributed by atoms with van der Waals surface area (Å²) >= 11 is 0. The van der Waals surface area contributed by atoms with Gasteiger partial charge in [-0.2, -0.15) is 0 Å². The van der Waals surface area contributed by atoms with E-state index in [0.29, 0.717) is 25.9 Å². The smallest absolute Gasteiger partial charge is 0.331 e. The van der Waals surface area contributed by atoms with Crippen LogP contribution in [0.1, 0.15) is 17.5 Å². The van der Waals surface area contributed by atoms with Crippen molar-refractivity contribution < 1.29 is 39.5 Å².